The molecule has 0 aromatic carbocycles. The highest BCUT2D eigenvalue weighted by Crippen LogP contribution is 2.25. The van der Waals surface area contributed by atoms with Gasteiger partial charge in [0.05, 0.1) is 6.17 Å². The number of ketones is 1. The molecule has 2 unspecified atom stereocenters. The summed E-state index contributed by atoms with van der Waals surface area (Å²) in [5.74, 6) is 0.576. The quantitative estimate of drug-likeness (QED) is 0.778. The van der Waals surface area contributed by atoms with E-state index < -0.39 is 0 Å². The Labute approximate surface area is 106 Å². The van der Waals surface area contributed by atoms with Gasteiger partial charge in [-0.25, -0.2) is 0 Å². The summed E-state index contributed by atoms with van der Waals surface area (Å²) in [6.07, 6.45) is 2.37. The number of hydrogen-bond donors (Lipinski definition) is 2. The molecule has 0 aromatic rings. The van der Waals surface area contributed by atoms with Gasteiger partial charge in [-0.05, 0) is 33.6 Å². The van der Waals surface area contributed by atoms with Crippen molar-refractivity contribution in [1.29, 1.82) is 0 Å². The van der Waals surface area contributed by atoms with E-state index in [1.54, 1.807) is 0 Å². The second kappa shape index (κ2) is 5.07. The van der Waals surface area contributed by atoms with Gasteiger partial charge in [-0.3, -0.25) is 10.1 Å². The molecule has 3 nitrogen and oxygen atoms in total. The van der Waals surface area contributed by atoms with Crippen LogP contribution in [0, 0.1) is 11.3 Å². The van der Waals surface area contributed by atoms with Crippen LogP contribution in [0.5, 0.6) is 0 Å². The third-order valence-corrected chi connectivity index (χ3v) is 3.13. The number of hydrogen-bond acceptors (Lipinski definition) is 3. The molecular formula is C14H28N2O. The molecule has 0 spiro atoms. The molecule has 1 rings (SSSR count). The van der Waals surface area contributed by atoms with Crippen LogP contribution in [0.25, 0.3) is 0 Å². The number of carbonyl (C=O) groups is 1. The van der Waals surface area contributed by atoms with Gasteiger partial charge in [0, 0.05) is 23.4 Å². The van der Waals surface area contributed by atoms with Gasteiger partial charge in [-0.1, -0.05) is 20.8 Å². The van der Waals surface area contributed by atoms with Gasteiger partial charge in [0.25, 0.3) is 0 Å². The van der Waals surface area contributed by atoms with E-state index in [1.165, 1.54) is 0 Å². The monoisotopic (exact) mass is 240 g/mol. The fraction of sp³-hybridized carbons (Fsp3) is 0.929. The first-order valence-corrected chi connectivity index (χ1v) is 6.65. The van der Waals surface area contributed by atoms with Crippen molar-refractivity contribution in [3.63, 3.8) is 0 Å². The second-order valence-electron chi connectivity index (χ2n) is 7.24. The fourth-order valence-electron chi connectivity index (χ4n) is 2.34. The summed E-state index contributed by atoms with van der Waals surface area (Å²) in [4.78, 5) is 12.2. The van der Waals surface area contributed by atoms with Gasteiger partial charge in [0.1, 0.15) is 5.78 Å². The molecule has 1 heterocycles. The zero-order valence-corrected chi connectivity index (χ0v) is 12.2. The van der Waals surface area contributed by atoms with Crippen LogP contribution in [0.15, 0.2) is 0 Å². The third-order valence-electron chi connectivity index (χ3n) is 3.13. The molecule has 1 aliphatic heterocycles. The van der Waals surface area contributed by atoms with Crippen LogP contribution >= 0.6 is 0 Å². The Hall–Kier alpha value is -0.410. The minimum atomic E-state index is -0.212. The van der Waals surface area contributed by atoms with Crippen LogP contribution < -0.4 is 10.6 Å². The Morgan fingerprint density at radius 1 is 1.12 bits per heavy atom. The summed E-state index contributed by atoms with van der Waals surface area (Å²) < 4.78 is 0. The first kappa shape index (κ1) is 14.7. The highest BCUT2D eigenvalue weighted by Gasteiger charge is 2.33. The second-order valence-corrected chi connectivity index (χ2v) is 7.24. The van der Waals surface area contributed by atoms with Crippen LogP contribution in [-0.4, -0.2) is 24.0 Å². The first-order chi connectivity index (χ1) is 7.59. The number of Topliss-reactive ketones (excluding diaryl/α,β-unsaturated/α-hetero) is 1. The molecule has 0 aliphatic carbocycles. The minimum Gasteiger partial charge on any atom is -0.301 e. The number of piperidine rings is 1. The van der Waals surface area contributed by atoms with Crippen molar-refractivity contribution in [2.45, 2.75) is 66.1 Å². The van der Waals surface area contributed by atoms with Crippen molar-refractivity contribution in [1.82, 2.24) is 10.6 Å². The summed E-state index contributed by atoms with van der Waals surface area (Å²) >= 11 is 0. The van der Waals surface area contributed by atoms with E-state index >= 15 is 0 Å². The molecule has 3 heteroatoms. The average Bonchev–Trinajstić information content (AvgIpc) is 2.14. The zero-order chi connectivity index (χ0) is 13.3. The summed E-state index contributed by atoms with van der Waals surface area (Å²) in [7, 11) is 0. The SMILES string of the molecule is CC(C)(C)NC1CCC(C(=O)C(C)(C)C)CN1. The normalized spacial score (nSPS) is 26.9. The van der Waals surface area contributed by atoms with Gasteiger partial charge in [0.2, 0.25) is 0 Å². The van der Waals surface area contributed by atoms with Gasteiger partial charge < -0.3 is 5.32 Å². The predicted octanol–water partition coefficient (Wildman–Crippen LogP) is 2.32. The van der Waals surface area contributed by atoms with Gasteiger partial charge in [-0.2, -0.15) is 0 Å². The molecule has 100 valence electrons. The van der Waals surface area contributed by atoms with E-state index in [1.807, 2.05) is 20.8 Å². The van der Waals surface area contributed by atoms with Gasteiger partial charge in [0.15, 0.2) is 0 Å². The minimum absolute atomic E-state index is 0.124. The maximum atomic E-state index is 12.2. The number of rotatable bonds is 2. The average molecular weight is 240 g/mol. The largest absolute Gasteiger partial charge is 0.301 e. The van der Waals surface area contributed by atoms with Crippen molar-refractivity contribution in [3.8, 4) is 0 Å². The Morgan fingerprint density at radius 3 is 2.06 bits per heavy atom. The van der Waals surface area contributed by atoms with E-state index in [2.05, 4.69) is 31.4 Å². The van der Waals surface area contributed by atoms with Crippen LogP contribution in [0.2, 0.25) is 0 Å². The van der Waals surface area contributed by atoms with Crippen LogP contribution in [0.1, 0.15) is 54.4 Å². The molecule has 0 aromatic heterocycles. The van der Waals surface area contributed by atoms with Crippen LogP contribution in [0.4, 0.5) is 0 Å². The molecule has 0 saturated carbocycles. The van der Waals surface area contributed by atoms with Crippen molar-refractivity contribution in [2.75, 3.05) is 6.54 Å². The van der Waals surface area contributed by atoms with Gasteiger partial charge in [-0.15, -0.1) is 0 Å². The fourth-order valence-corrected chi connectivity index (χ4v) is 2.34. The zero-order valence-electron chi connectivity index (χ0n) is 12.2. The van der Waals surface area contributed by atoms with Crippen LogP contribution in [0.3, 0.4) is 0 Å². The van der Waals surface area contributed by atoms with Crippen LogP contribution in [-0.2, 0) is 4.79 Å². The van der Waals surface area contributed by atoms with Crippen molar-refractivity contribution < 1.29 is 4.79 Å². The molecule has 0 radical (unpaired) electrons. The first-order valence-electron chi connectivity index (χ1n) is 6.65. The van der Waals surface area contributed by atoms with Crippen molar-refractivity contribution >= 4 is 5.78 Å². The highest BCUT2D eigenvalue weighted by atomic mass is 16.1. The summed E-state index contributed by atoms with van der Waals surface area (Å²) in [5.41, 5.74) is -0.0881. The lowest BCUT2D eigenvalue weighted by atomic mass is 9.79. The summed E-state index contributed by atoms with van der Waals surface area (Å²) in [6, 6.07) is 0. The third kappa shape index (κ3) is 4.76. The molecule has 0 amide bonds. The molecular weight excluding hydrogens is 212 g/mol. The van der Waals surface area contributed by atoms with E-state index in [0.29, 0.717) is 11.9 Å². The lowest BCUT2D eigenvalue weighted by Crippen LogP contribution is -2.55. The Balaban J connectivity index is 2.44. The predicted molar refractivity (Wildman–Crippen MR) is 71.9 cm³/mol. The van der Waals surface area contributed by atoms with E-state index in [-0.39, 0.29) is 16.9 Å². The summed E-state index contributed by atoms with van der Waals surface area (Å²) in [5, 5.41) is 6.98. The molecule has 17 heavy (non-hydrogen) atoms. The maximum absolute atomic E-state index is 12.2. The molecule has 1 aliphatic rings. The topological polar surface area (TPSA) is 41.1 Å². The summed E-state index contributed by atoms with van der Waals surface area (Å²) in [6.45, 7) is 13.3. The standard InChI is InChI=1S/C14H28N2O/c1-13(2,3)12(17)10-7-8-11(15-9-10)16-14(4,5)6/h10-11,15-16H,7-9H2,1-6H3. The Morgan fingerprint density at radius 2 is 1.71 bits per heavy atom. The molecule has 2 N–H and O–H groups in total. The van der Waals surface area contributed by atoms with E-state index in [0.717, 1.165) is 19.4 Å². The smallest absolute Gasteiger partial charge is 0.142 e. The molecule has 1 fully saturated rings. The van der Waals surface area contributed by atoms with Crippen molar-refractivity contribution in [3.05, 3.63) is 0 Å². The lowest BCUT2D eigenvalue weighted by molar-refractivity contribution is -0.131. The Kier molecular flexibility index (Phi) is 4.37. The van der Waals surface area contributed by atoms with E-state index in [4.69, 9.17) is 0 Å². The Bertz CT molecular complexity index is 265. The highest BCUT2D eigenvalue weighted by molar-refractivity contribution is 5.86. The molecule has 2 atom stereocenters. The van der Waals surface area contributed by atoms with E-state index in [9.17, 15) is 4.79 Å². The number of nitrogens with one attached hydrogen (secondary N) is 2. The maximum Gasteiger partial charge on any atom is 0.142 e. The van der Waals surface area contributed by atoms with Crippen molar-refractivity contribution in [2.24, 2.45) is 11.3 Å². The molecule has 0 bridgehead atoms. The lowest BCUT2D eigenvalue weighted by Gasteiger charge is -2.36. The van der Waals surface area contributed by atoms with Gasteiger partial charge >= 0.3 is 0 Å². The molecule has 1 saturated heterocycles. The number of carbonyl (C=O) groups excluding carboxylic acids is 1.